The largest absolute Gasteiger partial charge is 0.378 e. The minimum absolute atomic E-state index is 0.554. The van der Waals surface area contributed by atoms with Gasteiger partial charge in [-0.25, -0.2) is 0 Å². The Morgan fingerprint density at radius 2 is 1.77 bits per heavy atom. The quantitative estimate of drug-likeness (QED) is 0.852. The SMILES string of the molecule is CC(C)N(C)C.CCC(C)c1ccc(N2CCOCC2)cn1. The summed E-state index contributed by atoms with van der Waals surface area (Å²) in [7, 11) is 4.15. The Labute approximate surface area is 136 Å². The van der Waals surface area contributed by atoms with Gasteiger partial charge in [-0.05, 0) is 52.4 Å². The van der Waals surface area contributed by atoms with Crippen molar-refractivity contribution in [2.75, 3.05) is 45.3 Å². The van der Waals surface area contributed by atoms with Gasteiger partial charge in [0.1, 0.15) is 0 Å². The highest BCUT2D eigenvalue weighted by Crippen LogP contribution is 2.20. The molecule has 2 heterocycles. The fourth-order valence-electron chi connectivity index (χ4n) is 1.91. The van der Waals surface area contributed by atoms with Gasteiger partial charge in [0.2, 0.25) is 0 Å². The van der Waals surface area contributed by atoms with Crippen molar-refractivity contribution < 1.29 is 4.74 Å². The molecule has 4 heteroatoms. The van der Waals surface area contributed by atoms with Crippen LogP contribution in [0.5, 0.6) is 0 Å². The molecule has 1 aliphatic rings. The summed E-state index contributed by atoms with van der Waals surface area (Å²) < 4.78 is 5.34. The number of anilines is 1. The first-order valence-electron chi connectivity index (χ1n) is 8.40. The smallest absolute Gasteiger partial charge is 0.0642 e. The van der Waals surface area contributed by atoms with Gasteiger partial charge in [-0.2, -0.15) is 0 Å². The number of rotatable bonds is 4. The van der Waals surface area contributed by atoms with Gasteiger partial charge in [0, 0.05) is 24.8 Å². The third-order valence-electron chi connectivity index (χ3n) is 4.30. The van der Waals surface area contributed by atoms with Crippen molar-refractivity contribution >= 4 is 5.69 Å². The molecule has 1 aromatic rings. The normalized spacial score (nSPS) is 16.5. The van der Waals surface area contributed by atoms with Crippen molar-refractivity contribution in [1.29, 1.82) is 0 Å². The van der Waals surface area contributed by atoms with Crippen molar-refractivity contribution in [3.63, 3.8) is 0 Å². The standard InChI is InChI=1S/C13H20N2O.C5H13N/c1-3-11(2)13-5-4-12(10-14-13)15-6-8-16-9-7-15;1-5(2)6(3)4/h4-5,10-11H,3,6-9H2,1-2H3;5H,1-4H3. The zero-order valence-electron chi connectivity index (χ0n) is 15.2. The Balaban J connectivity index is 0.000000346. The molecule has 1 unspecified atom stereocenters. The zero-order valence-corrected chi connectivity index (χ0v) is 15.2. The lowest BCUT2D eigenvalue weighted by Crippen LogP contribution is -2.36. The molecule has 1 fully saturated rings. The molecule has 126 valence electrons. The van der Waals surface area contributed by atoms with E-state index in [4.69, 9.17) is 4.74 Å². The van der Waals surface area contributed by atoms with E-state index in [-0.39, 0.29) is 0 Å². The van der Waals surface area contributed by atoms with Crippen LogP contribution < -0.4 is 4.90 Å². The van der Waals surface area contributed by atoms with Gasteiger partial charge in [-0.1, -0.05) is 13.8 Å². The van der Waals surface area contributed by atoms with Crippen LogP contribution in [-0.2, 0) is 4.74 Å². The highest BCUT2D eigenvalue weighted by Gasteiger charge is 2.12. The third-order valence-corrected chi connectivity index (χ3v) is 4.30. The van der Waals surface area contributed by atoms with Gasteiger partial charge in [-0.3, -0.25) is 4.98 Å². The number of pyridine rings is 1. The summed E-state index contributed by atoms with van der Waals surface area (Å²) in [6.45, 7) is 12.4. The van der Waals surface area contributed by atoms with E-state index >= 15 is 0 Å². The number of morpholine rings is 1. The first-order chi connectivity index (χ1) is 10.5. The molecular weight excluding hydrogens is 274 g/mol. The third kappa shape index (κ3) is 6.32. The molecular formula is C18H33N3O. The minimum Gasteiger partial charge on any atom is -0.378 e. The molecule has 0 spiro atoms. The van der Waals surface area contributed by atoms with Crippen LogP contribution in [0.25, 0.3) is 0 Å². The van der Waals surface area contributed by atoms with Crippen LogP contribution >= 0.6 is 0 Å². The minimum atomic E-state index is 0.554. The number of aromatic nitrogens is 1. The number of hydrogen-bond acceptors (Lipinski definition) is 4. The Kier molecular flexibility index (Phi) is 8.43. The van der Waals surface area contributed by atoms with Crippen molar-refractivity contribution in [3.05, 3.63) is 24.0 Å². The number of nitrogens with zero attached hydrogens (tertiary/aromatic N) is 3. The van der Waals surface area contributed by atoms with Crippen LogP contribution in [0.4, 0.5) is 5.69 Å². The van der Waals surface area contributed by atoms with E-state index in [9.17, 15) is 0 Å². The maximum atomic E-state index is 5.34. The summed E-state index contributed by atoms with van der Waals surface area (Å²) in [6.07, 6.45) is 3.14. The molecule has 0 bridgehead atoms. The molecule has 1 aliphatic heterocycles. The van der Waals surface area contributed by atoms with Gasteiger partial charge in [0.05, 0.1) is 25.1 Å². The molecule has 0 radical (unpaired) electrons. The monoisotopic (exact) mass is 307 g/mol. The van der Waals surface area contributed by atoms with E-state index in [0.29, 0.717) is 12.0 Å². The summed E-state index contributed by atoms with van der Waals surface area (Å²) in [5.41, 5.74) is 2.41. The lowest BCUT2D eigenvalue weighted by atomic mass is 10.0. The molecule has 22 heavy (non-hydrogen) atoms. The van der Waals surface area contributed by atoms with Crippen LogP contribution in [0.15, 0.2) is 18.3 Å². The molecule has 2 rings (SSSR count). The summed E-state index contributed by atoms with van der Waals surface area (Å²) in [6, 6.07) is 5.02. The lowest BCUT2D eigenvalue weighted by Gasteiger charge is -2.28. The van der Waals surface area contributed by atoms with E-state index in [0.717, 1.165) is 32.7 Å². The molecule has 4 nitrogen and oxygen atoms in total. The van der Waals surface area contributed by atoms with E-state index in [1.54, 1.807) is 0 Å². The lowest BCUT2D eigenvalue weighted by molar-refractivity contribution is 0.122. The van der Waals surface area contributed by atoms with Crippen molar-refractivity contribution in [1.82, 2.24) is 9.88 Å². The van der Waals surface area contributed by atoms with E-state index in [1.807, 2.05) is 6.20 Å². The van der Waals surface area contributed by atoms with Gasteiger partial charge in [0.15, 0.2) is 0 Å². The van der Waals surface area contributed by atoms with E-state index in [1.165, 1.54) is 11.4 Å². The Hall–Kier alpha value is -1.13. The van der Waals surface area contributed by atoms with Gasteiger partial charge in [-0.15, -0.1) is 0 Å². The van der Waals surface area contributed by atoms with Crippen molar-refractivity contribution in [2.45, 2.75) is 46.1 Å². The molecule has 1 aromatic heterocycles. The van der Waals surface area contributed by atoms with E-state index < -0.39 is 0 Å². The molecule has 0 amide bonds. The molecule has 0 N–H and O–H groups in total. The van der Waals surface area contributed by atoms with Crippen LogP contribution in [0.1, 0.15) is 45.7 Å². The maximum absolute atomic E-state index is 5.34. The first-order valence-corrected chi connectivity index (χ1v) is 8.40. The fourth-order valence-corrected chi connectivity index (χ4v) is 1.91. The Morgan fingerprint density at radius 3 is 2.18 bits per heavy atom. The zero-order chi connectivity index (χ0) is 16.5. The van der Waals surface area contributed by atoms with Crippen LogP contribution in [0.2, 0.25) is 0 Å². The summed E-state index contributed by atoms with van der Waals surface area (Å²) in [4.78, 5) is 9.04. The predicted molar refractivity (Wildman–Crippen MR) is 94.8 cm³/mol. The van der Waals surface area contributed by atoms with Crippen molar-refractivity contribution in [3.8, 4) is 0 Å². The molecule has 0 aliphatic carbocycles. The average molecular weight is 307 g/mol. The van der Waals surface area contributed by atoms with Crippen molar-refractivity contribution in [2.24, 2.45) is 0 Å². The highest BCUT2D eigenvalue weighted by atomic mass is 16.5. The summed E-state index contributed by atoms with van der Waals surface area (Å²) in [5.74, 6) is 0.554. The average Bonchev–Trinajstić information content (AvgIpc) is 2.55. The van der Waals surface area contributed by atoms with Gasteiger partial charge < -0.3 is 14.5 Å². The molecule has 1 atom stereocenters. The number of ether oxygens (including phenoxy) is 1. The van der Waals surface area contributed by atoms with E-state index in [2.05, 4.69) is 68.7 Å². The Morgan fingerprint density at radius 1 is 1.18 bits per heavy atom. The number of hydrogen-bond donors (Lipinski definition) is 0. The fraction of sp³-hybridized carbons (Fsp3) is 0.722. The van der Waals surface area contributed by atoms with Gasteiger partial charge in [0.25, 0.3) is 0 Å². The molecule has 0 saturated carbocycles. The Bertz CT molecular complexity index is 391. The van der Waals surface area contributed by atoms with Crippen LogP contribution in [0.3, 0.4) is 0 Å². The second-order valence-electron chi connectivity index (χ2n) is 6.41. The van der Waals surface area contributed by atoms with Crippen LogP contribution in [0, 0.1) is 0 Å². The maximum Gasteiger partial charge on any atom is 0.0642 e. The van der Waals surface area contributed by atoms with Crippen LogP contribution in [-0.4, -0.2) is 56.3 Å². The first kappa shape index (κ1) is 18.9. The molecule has 0 aromatic carbocycles. The summed E-state index contributed by atoms with van der Waals surface area (Å²) in [5, 5.41) is 0. The topological polar surface area (TPSA) is 28.6 Å². The highest BCUT2D eigenvalue weighted by molar-refractivity contribution is 5.45. The van der Waals surface area contributed by atoms with Gasteiger partial charge >= 0.3 is 0 Å². The molecule has 1 saturated heterocycles. The second-order valence-corrected chi connectivity index (χ2v) is 6.41. The summed E-state index contributed by atoms with van der Waals surface area (Å²) >= 11 is 0. The predicted octanol–water partition coefficient (Wildman–Crippen LogP) is 3.39. The second kappa shape index (κ2) is 9.80.